The average molecular weight is 370 g/mol. The van der Waals surface area contributed by atoms with Crippen molar-refractivity contribution in [3.8, 4) is 0 Å². The third kappa shape index (κ3) is 2.52. The van der Waals surface area contributed by atoms with E-state index >= 15 is 0 Å². The zero-order valence-electron chi connectivity index (χ0n) is 16.2. The van der Waals surface area contributed by atoms with Gasteiger partial charge in [-0.1, -0.05) is 10.3 Å². The van der Waals surface area contributed by atoms with Gasteiger partial charge in [0.15, 0.2) is 0 Å². The van der Waals surface area contributed by atoms with Gasteiger partial charge in [-0.3, -0.25) is 4.79 Å². The molecule has 2 atom stereocenters. The van der Waals surface area contributed by atoms with Crippen LogP contribution in [0.2, 0.25) is 0 Å². The third-order valence-electron chi connectivity index (χ3n) is 7.06. The number of aryl methyl sites for hydroxylation is 2. The number of rotatable bonds is 4. The lowest BCUT2D eigenvalue weighted by Crippen LogP contribution is -2.61. The molecule has 0 aliphatic heterocycles. The molecule has 0 spiro atoms. The lowest BCUT2D eigenvalue weighted by molar-refractivity contribution is -0.166. The van der Waals surface area contributed by atoms with Crippen LogP contribution in [0.25, 0.3) is 0 Å². The SMILES string of the molecule is Cc1ncn(C23CC4CC(CC(C(=O)N(C)Cc5nonc5C)(C4)C2)C3)n1. The summed E-state index contributed by atoms with van der Waals surface area (Å²) in [6.07, 6.45) is 8.23. The molecule has 4 aliphatic carbocycles. The molecular weight excluding hydrogens is 344 g/mol. The standard InChI is InChI=1S/C19H26N6O2/c1-12-16(23-27-22-12)9-24(3)17(26)18-5-14-4-15(6-18)8-19(7-14,10-18)25-11-20-13(2)21-25/h11,14-15H,4-10H2,1-3H3. The molecule has 27 heavy (non-hydrogen) atoms. The zero-order chi connectivity index (χ0) is 18.8. The second-order valence-electron chi connectivity index (χ2n) is 9.16. The first-order valence-electron chi connectivity index (χ1n) is 9.82. The van der Waals surface area contributed by atoms with E-state index in [4.69, 9.17) is 4.63 Å². The van der Waals surface area contributed by atoms with E-state index in [1.807, 2.05) is 32.1 Å². The van der Waals surface area contributed by atoms with E-state index in [-0.39, 0.29) is 16.9 Å². The summed E-state index contributed by atoms with van der Waals surface area (Å²) in [5.41, 5.74) is 1.14. The normalized spacial score (nSPS) is 34.2. The molecule has 0 N–H and O–H groups in total. The van der Waals surface area contributed by atoms with Gasteiger partial charge in [0.25, 0.3) is 0 Å². The van der Waals surface area contributed by atoms with Crippen LogP contribution in [0.3, 0.4) is 0 Å². The zero-order valence-corrected chi connectivity index (χ0v) is 16.2. The van der Waals surface area contributed by atoms with Crippen LogP contribution < -0.4 is 0 Å². The fourth-order valence-electron chi connectivity index (χ4n) is 6.40. The van der Waals surface area contributed by atoms with Gasteiger partial charge in [0, 0.05) is 7.05 Å². The Morgan fingerprint density at radius 1 is 1.26 bits per heavy atom. The molecule has 0 aromatic carbocycles. The summed E-state index contributed by atoms with van der Waals surface area (Å²) in [4.78, 5) is 19.8. The van der Waals surface area contributed by atoms with Crippen molar-refractivity contribution < 1.29 is 9.42 Å². The van der Waals surface area contributed by atoms with Crippen LogP contribution in [-0.2, 0) is 16.9 Å². The molecule has 1 amide bonds. The Kier molecular flexibility index (Phi) is 3.52. The second-order valence-corrected chi connectivity index (χ2v) is 9.16. The first-order valence-corrected chi connectivity index (χ1v) is 9.82. The van der Waals surface area contributed by atoms with Gasteiger partial charge < -0.3 is 4.90 Å². The molecule has 6 rings (SSSR count). The van der Waals surface area contributed by atoms with Crippen LogP contribution in [0, 0.1) is 31.1 Å². The molecule has 0 saturated heterocycles. The van der Waals surface area contributed by atoms with Crippen molar-refractivity contribution in [2.24, 2.45) is 17.3 Å². The number of nitrogens with zero attached hydrogens (tertiary/aromatic N) is 6. The topological polar surface area (TPSA) is 89.9 Å². The van der Waals surface area contributed by atoms with E-state index in [9.17, 15) is 4.79 Å². The molecule has 4 fully saturated rings. The predicted octanol–water partition coefficient (Wildman–Crippen LogP) is 2.23. The van der Waals surface area contributed by atoms with Crippen molar-refractivity contribution in [2.75, 3.05) is 7.05 Å². The fourth-order valence-corrected chi connectivity index (χ4v) is 6.40. The summed E-state index contributed by atoms with van der Waals surface area (Å²) in [6, 6.07) is 0. The minimum Gasteiger partial charge on any atom is -0.339 e. The Bertz CT molecular complexity index is 872. The first kappa shape index (κ1) is 16.9. The van der Waals surface area contributed by atoms with Gasteiger partial charge in [0.1, 0.15) is 23.5 Å². The van der Waals surface area contributed by atoms with Gasteiger partial charge in [-0.05, 0) is 64.2 Å². The van der Waals surface area contributed by atoms with Crippen molar-refractivity contribution in [3.63, 3.8) is 0 Å². The highest BCUT2D eigenvalue weighted by Crippen LogP contribution is 2.64. The third-order valence-corrected chi connectivity index (χ3v) is 7.06. The lowest BCUT2D eigenvalue weighted by atomic mass is 9.46. The molecular formula is C19H26N6O2. The number of carbonyl (C=O) groups excluding carboxylic acids is 1. The molecule has 0 radical (unpaired) electrons. The lowest BCUT2D eigenvalue weighted by Gasteiger charge is -2.61. The summed E-state index contributed by atoms with van der Waals surface area (Å²) in [5, 5.41) is 12.4. The highest BCUT2D eigenvalue weighted by molar-refractivity contribution is 5.83. The molecule has 2 aromatic rings. The highest BCUT2D eigenvalue weighted by atomic mass is 16.6. The number of hydrogen-bond acceptors (Lipinski definition) is 6. The van der Waals surface area contributed by atoms with Gasteiger partial charge in [-0.2, -0.15) is 5.10 Å². The smallest absolute Gasteiger partial charge is 0.228 e. The van der Waals surface area contributed by atoms with Crippen LogP contribution in [0.15, 0.2) is 11.0 Å². The highest BCUT2D eigenvalue weighted by Gasteiger charge is 2.62. The quantitative estimate of drug-likeness (QED) is 0.820. The van der Waals surface area contributed by atoms with E-state index in [0.717, 1.165) is 49.3 Å². The Morgan fingerprint density at radius 3 is 2.59 bits per heavy atom. The predicted molar refractivity (Wildman–Crippen MR) is 95.4 cm³/mol. The van der Waals surface area contributed by atoms with E-state index < -0.39 is 0 Å². The van der Waals surface area contributed by atoms with Crippen molar-refractivity contribution in [3.05, 3.63) is 23.5 Å². The molecule has 4 saturated carbocycles. The Labute approximate surface area is 158 Å². The van der Waals surface area contributed by atoms with Crippen LogP contribution in [-0.4, -0.2) is 42.9 Å². The molecule has 2 aromatic heterocycles. The maximum absolute atomic E-state index is 13.6. The minimum absolute atomic E-state index is 0.0484. The Hall–Kier alpha value is -2.25. The Balaban J connectivity index is 1.45. The van der Waals surface area contributed by atoms with Crippen molar-refractivity contribution >= 4 is 5.91 Å². The minimum atomic E-state index is -0.288. The largest absolute Gasteiger partial charge is 0.339 e. The molecule has 8 heteroatoms. The average Bonchev–Trinajstić information content (AvgIpc) is 3.22. The van der Waals surface area contributed by atoms with Gasteiger partial charge in [0.05, 0.1) is 17.5 Å². The number of amides is 1. The van der Waals surface area contributed by atoms with E-state index in [1.165, 1.54) is 6.42 Å². The summed E-state index contributed by atoms with van der Waals surface area (Å²) >= 11 is 0. The maximum atomic E-state index is 13.6. The second kappa shape index (κ2) is 5.62. The fraction of sp³-hybridized carbons (Fsp3) is 0.737. The van der Waals surface area contributed by atoms with E-state index in [0.29, 0.717) is 18.4 Å². The molecule has 4 aliphatic rings. The Morgan fingerprint density at radius 2 is 2.00 bits per heavy atom. The summed E-state index contributed by atoms with van der Waals surface area (Å²) in [6.45, 7) is 4.23. The molecule has 144 valence electrons. The molecule has 4 bridgehead atoms. The van der Waals surface area contributed by atoms with Gasteiger partial charge >= 0.3 is 0 Å². The summed E-state index contributed by atoms with van der Waals surface area (Å²) < 4.78 is 6.87. The van der Waals surface area contributed by atoms with Crippen LogP contribution in [0.5, 0.6) is 0 Å². The summed E-state index contributed by atoms with van der Waals surface area (Å²) in [5.74, 6) is 2.24. The van der Waals surface area contributed by atoms with Crippen LogP contribution in [0.1, 0.15) is 55.7 Å². The van der Waals surface area contributed by atoms with Crippen LogP contribution in [0.4, 0.5) is 0 Å². The number of aromatic nitrogens is 5. The van der Waals surface area contributed by atoms with Crippen molar-refractivity contribution in [1.82, 2.24) is 30.0 Å². The van der Waals surface area contributed by atoms with E-state index in [2.05, 4.69) is 25.1 Å². The molecule has 8 nitrogen and oxygen atoms in total. The number of hydrogen-bond donors (Lipinski definition) is 0. The molecule has 2 heterocycles. The summed E-state index contributed by atoms with van der Waals surface area (Å²) in [7, 11) is 1.88. The van der Waals surface area contributed by atoms with Gasteiger partial charge in [-0.15, -0.1) is 0 Å². The van der Waals surface area contributed by atoms with Crippen molar-refractivity contribution in [1.29, 1.82) is 0 Å². The first-order chi connectivity index (χ1) is 12.9. The van der Waals surface area contributed by atoms with Crippen molar-refractivity contribution in [2.45, 2.75) is 64.5 Å². The number of carbonyl (C=O) groups is 1. The van der Waals surface area contributed by atoms with Gasteiger partial charge in [0.2, 0.25) is 5.91 Å². The van der Waals surface area contributed by atoms with E-state index in [1.54, 1.807) is 0 Å². The molecule has 2 unspecified atom stereocenters. The monoisotopic (exact) mass is 370 g/mol. The maximum Gasteiger partial charge on any atom is 0.228 e. The van der Waals surface area contributed by atoms with Crippen LogP contribution >= 0.6 is 0 Å². The van der Waals surface area contributed by atoms with Gasteiger partial charge in [-0.25, -0.2) is 14.3 Å².